The van der Waals surface area contributed by atoms with Crippen LogP contribution in [-0.2, 0) is 30.8 Å². The van der Waals surface area contributed by atoms with Gasteiger partial charge in [-0.05, 0) is 48.1 Å². The zero-order chi connectivity index (χ0) is 22.5. The van der Waals surface area contributed by atoms with Gasteiger partial charge in [0.15, 0.2) is 11.0 Å². The van der Waals surface area contributed by atoms with Crippen molar-refractivity contribution in [2.45, 2.75) is 51.9 Å². The van der Waals surface area contributed by atoms with Crippen molar-refractivity contribution >= 4 is 23.4 Å². The summed E-state index contributed by atoms with van der Waals surface area (Å²) in [5.41, 5.74) is 3.55. The molecule has 0 N–H and O–H groups in total. The van der Waals surface area contributed by atoms with Gasteiger partial charge >= 0.3 is 0 Å². The van der Waals surface area contributed by atoms with Crippen LogP contribution in [0.3, 0.4) is 0 Å². The smallest absolute Gasteiger partial charge is 0.237 e. The van der Waals surface area contributed by atoms with Crippen LogP contribution >= 0.6 is 11.8 Å². The van der Waals surface area contributed by atoms with E-state index in [1.54, 1.807) is 0 Å². The largest absolute Gasteiger partial charge is 0.486 e. The molecular formula is C25H30N4O2S. The fraction of sp³-hybridized carbons (Fsp3) is 0.400. The summed E-state index contributed by atoms with van der Waals surface area (Å²) in [6.45, 7) is 8.33. The number of carbonyl (C=O) groups excluding carboxylic acids is 1. The van der Waals surface area contributed by atoms with Gasteiger partial charge in [-0.2, -0.15) is 0 Å². The van der Waals surface area contributed by atoms with Gasteiger partial charge in [0.1, 0.15) is 12.4 Å². The van der Waals surface area contributed by atoms with Crippen molar-refractivity contribution < 1.29 is 9.53 Å². The number of amides is 1. The van der Waals surface area contributed by atoms with Gasteiger partial charge in [-0.25, -0.2) is 0 Å². The molecule has 168 valence electrons. The number of aromatic nitrogens is 3. The summed E-state index contributed by atoms with van der Waals surface area (Å²) < 4.78 is 8.05. The molecule has 0 atom stereocenters. The van der Waals surface area contributed by atoms with Gasteiger partial charge in [0.25, 0.3) is 0 Å². The minimum atomic E-state index is 0.105. The molecule has 7 heteroatoms. The summed E-state index contributed by atoms with van der Waals surface area (Å²) >= 11 is 1.45. The highest BCUT2D eigenvalue weighted by Crippen LogP contribution is 2.29. The fourth-order valence-electron chi connectivity index (χ4n) is 3.85. The fourth-order valence-corrected chi connectivity index (χ4v) is 4.69. The Morgan fingerprint density at radius 3 is 2.66 bits per heavy atom. The van der Waals surface area contributed by atoms with E-state index in [4.69, 9.17) is 4.74 Å². The molecule has 0 saturated carbocycles. The molecule has 1 amide bonds. The maximum atomic E-state index is 12.9. The third-order valence-corrected chi connectivity index (χ3v) is 6.51. The quantitative estimate of drug-likeness (QED) is 0.440. The predicted octanol–water partition coefficient (Wildman–Crippen LogP) is 4.76. The van der Waals surface area contributed by atoms with Gasteiger partial charge in [0.05, 0.1) is 5.75 Å². The van der Waals surface area contributed by atoms with E-state index in [0.29, 0.717) is 18.3 Å². The molecule has 0 saturated heterocycles. The molecular weight excluding hydrogens is 420 g/mol. The van der Waals surface area contributed by atoms with Crippen molar-refractivity contribution in [1.82, 2.24) is 14.8 Å². The van der Waals surface area contributed by atoms with Crippen LogP contribution in [0.25, 0.3) is 0 Å². The summed E-state index contributed by atoms with van der Waals surface area (Å²) in [7, 11) is 0. The second-order valence-corrected chi connectivity index (χ2v) is 9.34. The molecule has 3 aromatic rings. The number of anilines is 1. The Labute approximate surface area is 194 Å². The highest BCUT2D eigenvalue weighted by molar-refractivity contribution is 7.99. The first-order chi connectivity index (χ1) is 15.5. The van der Waals surface area contributed by atoms with E-state index >= 15 is 0 Å². The summed E-state index contributed by atoms with van der Waals surface area (Å²) in [5.74, 6) is 2.46. The highest BCUT2D eigenvalue weighted by atomic mass is 32.2. The topological polar surface area (TPSA) is 60.3 Å². The lowest BCUT2D eigenvalue weighted by Gasteiger charge is -2.17. The Morgan fingerprint density at radius 2 is 1.91 bits per heavy atom. The molecule has 0 radical (unpaired) electrons. The third-order valence-electron chi connectivity index (χ3n) is 5.55. The van der Waals surface area contributed by atoms with Crippen LogP contribution in [-0.4, -0.2) is 33.0 Å². The third kappa shape index (κ3) is 5.15. The molecule has 0 aliphatic carbocycles. The number of thioether (sulfide) groups is 1. The molecule has 2 aromatic carbocycles. The number of fused-ring (bicyclic) bond motifs is 1. The molecule has 0 unspecified atom stereocenters. The number of benzene rings is 2. The SMILES string of the molecule is CCc1ccc(OCc2nnc(SCC(=O)N3CCc4ccccc43)n2CC(C)C)cc1. The summed E-state index contributed by atoms with van der Waals surface area (Å²) in [5, 5.41) is 9.51. The number of rotatable bonds is 9. The van der Waals surface area contributed by atoms with E-state index in [1.165, 1.54) is 22.9 Å². The van der Waals surface area contributed by atoms with Crippen molar-refractivity contribution in [1.29, 1.82) is 0 Å². The molecule has 4 rings (SSSR count). The Hall–Kier alpha value is -2.80. The highest BCUT2D eigenvalue weighted by Gasteiger charge is 2.25. The van der Waals surface area contributed by atoms with Gasteiger partial charge in [-0.15, -0.1) is 10.2 Å². The van der Waals surface area contributed by atoms with Crippen molar-refractivity contribution in [3.8, 4) is 5.75 Å². The number of para-hydroxylation sites is 1. The van der Waals surface area contributed by atoms with E-state index in [2.05, 4.69) is 53.7 Å². The first-order valence-corrected chi connectivity index (χ1v) is 12.2. The van der Waals surface area contributed by atoms with Crippen LogP contribution in [0.1, 0.15) is 37.7 Å². The number of aryl methyl sites for hydroxylation is 1. The van der Waals surface area contributed by atoms with Gasteiger partial charge in [0.2, 0.25) is 5.91 Å². The van der Waals surface area contributed by atoms with Crippen LogP contribution in [0.4, 0.5) is 5.69 Å². The van der Waals surface area contributed by atoms with E-state index in [1.807, 2.05) is 35.2 Å². The lowest BCUT2D eigenvalue weighted by atomic mass is 10.2. The second-order valence-electron chi connectivity index (χ2n) is 8.40. The minimum absolute atomic E-state index is 0.105. The number of ether oxygens (including phenoxy) is 1. The van der Waals surface area contributed by atoms with Gasteiger partial charge in [-0.3, -0.25) is 4.79 Å². The molecule has 1 aromatic heterocycles. The van der Waals surface area contributed by atoms with Gasteiger partial charge in [0, 0.05) is 18.8 Å². The van der Waals surface area contributed by atoms with Crippen molar-refractivity contribution in [3.05, 3.63) is 65.5 Å². The Balaban J connectivity index is 1.42. The minimum Gasteiger partial charge on any atom is -0.486 e. The number of nitrogens with zero attached hydrogens (tertiary/aromatic N) is 4. The van der Waals surface area contributed by atoms with E-state index in [-0.39, 0.29) is 5.91 Å². The summed E-state index contributed by atoms with van der Waals surface area (Å²) in [6, 6.07) is 16.3. The lowest BCUT2D eigenvalue weighted by Crippen LogP contribution is -2.30. The molecule has 0 fully saturated rings. The maximum Gasteiger partial charge on any atom is 0.237 e. The molecule has 0 spiro atoms. The van der Waals surface area contributed by atoms with Gasteiger partial charge in [-0.1, -0.05) is 62.9 Å². The van der Waals surface area contributed by atoms with Crippen LogP contribution in [0.5, 0.6) is 5.75 Å². The first-order valence-electron chi connectivity index (χ1n) is 11.2. The van der Waals surface area contributed by atoms with Crippen molar-refractivity contribution in [2.24, 2.45) is 5.92 Å². The standard InChI is InChI=1S/C25H30N4O2S/c1-4-19-9-11-21(12-10-19)31-16-23-26-27-25(29(23)15-18(2)3)32-17-24(30)28-14-13-20-7-5-6-8-22(20)28/h5-12,18H,4,13-17H2,1-3H3. The van der Waals surface area contributed by atoms with Crippen molar-refractivity contribution in [2.75, 3.05) is 17.2 Å². The second kappa shape index (κ2) is 10.2. The molecule has 1 aliphatic rings. The van der Waals surface area contributed by atoms with E-state index in [0.717, 1.165) is 48.3 Å². The van der Waals surface area contributed by atoms with Crippen LogP contribution in [0.2, 0.25) is 0 Å². The van der Waals surface area contributed by atoms with E-state index in [9.17, 15) is 4.79 Å². The molecule has 1 aliphatic heterocycles. The van der Waals surface area contributed by atoms with Crippen LogP contribution < -0.4 is 9.64 Å². The summed E-state index contributed by atoms with van der Waals surface area (Å²) in [6.07, 6.45) is 1.92. The molecule has 32 heavy (non-hydrogen) atoms. The maximum absolute atomic E-state index is 12.9. The Kier molecular flexibility index (Phi) is 7.15. The van der Waals surface area contributed by atoms with Crippen molar-refractivity contribution in [3.63, 3.8) is 0 Å². The molecule has 2 heterocycles. The zero-order valence-corrected chi connectivity index (χ0v) is 19.8. The Bertz CT molecular complexity index is 1060. The normalized spacial score (nSPS) is 12.9. The average Bonchev–Trinajstić information content (AvgIpc) is 3.40. The Morgan fingerprint density at radius 1 is 1.12 bits per heavy atom. The lowest BCUT2D eigenvalue weighted by molar-refractivity contribution is -0.116. The average molecular weight is 451 g/mol. The first kappa shape index (κ1) is 22.4. The van der Waals surface area contributed by atoms with Crippen LogP contribution in [0, 0.1) is 5.92 Å². The number of hydrogen-bond acceptors (Lipinski definition) is 5. The zero-order valence-electron chi connectivity index (χ0n) is 19.0. The number of carbonyl (C=O) groups is 1. The predicted molar refractivity (Wildman–Crippen MR) is 128 cm³/mol. The monoisotopic (exact) mass is 450 g/mol. The molecule has 0 bridgehead atoms. The number of hydrogen-bond donors (Lipinski definition) is 0. The van der Waals surface area contributed by atoms with E-state index < -0.39 is 0 Å². The van der Waals surface area contributed by atoms with Crippen LogP contribution in [0.15, 0.2) is 53.7 Å². The molecule has 6 nitrogen and oxygen atoms in total. The van der Waals surface area contributed by atoms with Gasteiger partial charge < -0.3 is 14.2 Å². The summed E-state index contributed by atoms with van der Waals surface area (Å²) in [4.78, 5) is 14.8.